The maximum atomic E-state index is 12.6. The maximum Gasteiger partial charge on any atom is 0.270 e. The standard InChI is InChI=1S/C16H19N3O/c1-11-6-7-15(18(11)2)16(20)19-9-8-13-12(10-19)4-3-5-14(13)17/h3-7H,8-10,17H2,1-2H3. The van der Waals surface area contributed by atoms with Gasteiger partial charge in [-0.3, -0.25) is 4.79 Å². The Labute approximate surface area is 118 Å². The molecule has 0 bridgehead atoms. The first-order valence-corrected chi connectivity index (χ1v) is 6.86. The van der Waals surface area contributed by atoms with Crippen molar-refractivity contribution >= 4 is 11.6 Å². The normalized spacial score (nSPS) is 14.2. The average Bonchev–Trinajstić information content (AvgIpc) is 2.78. The lowest BCUT2D eigenvalue weighted by atomic mass is 9.98. The zero-order chi connectivity index (χ0) is 14.3. The van der Waals surface area contributed by atoms with Crippen LogP contribution in [-0.4, -0.2) is 21.9 Å². The van der Waals surface area contributed by atoms with Crippen molar-refractivity contribution in [3.05, 3.63) is 52.8 Å². The van der Waals surface area contributed by atoms with E-state index in [-0.39, 0.29) is 5.91 Å². The number of amides is 1. The number of rotatable bonds is 1. The number of fused-ring (bicyclic) bond motifs is 1. The molecule has 2 aromatic rings. The molecule has 1 aliphatic rings. The molecule has 0 fully saturated rings. The first-order chi connectivity index (χ1) is 9.58. The van der Waals surface area contributed by atoms with Crippen molar-refractivity contribution < 1.29 is 4.79 Å². The minimum atomic E-state index is 0.0914. The number of aromatic nitrogens is 1. The minimum absolute atomic E-state index is 0.0914. The fraction of sp³-hybridized carbons (Fsp3) is 0.312. The highest BCUT2D eigenvalue weighted by Gasteiger charge is 2.24. The highest BCUT2D eigenvalue weighted by atomic mass is 16.2. The summed E-state index contributed by atoms with van der Waals surface area (Å²) in [5, 5.41) is 0. The molecule has 0 saturated carbocycles. The van der Waals surface area contributed by atoms with Gasteiger partial charge in [0.15, 0.2) is 0 Å². The summed E-state index contributed by atoms with van der Waals surface area (Å²) in [5.74, 6) is 0.0914. The summed E-state index contributed by atoms with van der Waals surface area (Å²) in [6.45, 7) is 3.37. The van der Waals surface area contributed by atoms with Gasteiger partial charge in [0.25, 0.3) is 5.91 Å². The van der Waals surface area contributed by atoms with Gasteiger partial charge >= 0.3 is 0 Å². The lowest BCUT2D eigenvalue weighted by Gasteiger charge is -2.29. The van der Waals surface area contributed by atoms with Gasteiger partial charge in [-0.1, -0.05) is 12.1 Å². The van der Waals surface area contributed by atoms with Crippen molar-refractivity contribution in [3.63, 3.8) is 0 Å². The third-order valence-corrected chi connectivity index (χ3v) is 4.18. The number of benzene rings is 1. The van der Waals surface area contributed by atoms with E-state index in [0.29, 0.717) is 6.54 Å². The highest BCUT2D eigenvalue weighted by Crippen LogP contribution is 2.25. The van der Waals surface area contributed by atoms with E-state index in [0.717, 1.165) is 35.6 Å². The molecule has 4 nitrogen and oxygen atoms in total. The van der Waals surface area contributed by atoms with Gasteiger partial charge in [0.2, 0.25) is 0 Å². The smallest absolute Gasteiger partial charge is 0.270 e. The lowest BCUT2D eigenvalue weighted by Crippen LogP contribution is -2.37. The van der Waals surface area contributed by atoms with Crippen LogP contribution in [0.2, 0.25) is 0 Å². The molecule has 0 saturated heterocycles. The van der Waals surface area contributed by atoms with Crippen molar-refractivity contribution in [1.29, 1.82) is 0 Å². The molecule has 1 amide bonds. The quantitative estimate of drug-likeness (QED) is 0.806. The Morgan fingerprint density at radius 1 is 1.25 bits per heavy atom. The molecule has 1 aliphatic heterocycles. The summed E-state index contributed by atoms with van der Waals surface area (Å²) in [7, 11) is 1.93. The van der Waals surface area contributed by atoms with E-state index in [2.05, 4.69) is 6.07 Å². The van der Waals surface area contributed by atoms with Gasteiger partial charge < -0.3 is 15.2 Å². The van der Waals surface area contributed by atoms with E-state index >= 15 is 0 Å². The minimum Gasteiger partial charge on any atom is -0.398 e. The first-order valence-electron chi connectivity index (χ1n) is 6.86. The summed E-state index contributed by atoms with van der Waals surface area (Å²) >= 11 is 0. The topological polar surface area (TPSA) is 51.3 Å². The number of nitrogens with two attached hydrogens (primary N) is 1. The van der Waals surface area contributed by atoms with Crippen LogP contribution in [0, 0.1) is 6.92 Å². The number of aryl methyl sites for hydroxylation is 1. The number of anilines is 1. The number of hydrogen-bond donors (Lipinski definition) is 1. The lowest BCUT2D eigenvalue weighted by molar-refractivity contribution is 0.0725. The fourth-order valence-corrected chi connectivity index (χ4v) is 2.80. The van der Waals surface area contributed by atoms with E-state index in [1.54, 1.807) is 0 Å². The molecule has 2 heterocycles. The Kier molecular flexibility index (Phi) is 3.01. The number of hydrogen-bond acceptors (Lipinski definition) is 2. The van der Waals surface area contributed by atoms with Gasteiger partial charge in [-0.25, -0.2) is 0 Å². The molecule has 104 valence electrons. The van der Waals surface area contributed by atoms with Crippen molar-refractivity contribution in [1.82, 2.24) is 9.47 Å². The van der Waals surface area contributed by atoms with Crippen LogP contribution in [0.5, 0.6) is 0 Å². The number of nitrogen functional groups attached to an aromatic ring is 1. The number of carbonyl (C=O) groups excluding carboxylic acids is 1. The van der Waals surface area contributed by atoms with Crippen LogP contribution >= 0.6 is 0 Å². The van der Waals surface area contributed by atoms with Crippen LogP contribution < -0.4 is 5.73 Å². The molecule has 1 aromatic heterocycles. The average molecular weight is 269 g/mol. The summed E-state index contributed by atoms with van der Waals surface area (Å²) < 4.78 is 1.94. The molecule has 0 radical (unpaired) electrons. The Morgan fingerprint density at radius 3 is 2.75 bits per heavy atom. The van der Waals surface area contributed by atoms with E-state index in [1.807, 2.05) is 47.7 Å². The summed E-state index contributed by atoms with van der Waals surface area (Å²) in [5.41, 5.74) is 11.0. The third-order valence-electron chi connectivity index (χ3n) is 4.18. The Hall–Kier alpha value is -2.23. The van der Waals surface area contributed by atoms with Gasteiger partial charge in [-0.05, 0) is 42.7 Å². The second kappa shape index (κ2) is 4.71. The summed E-state index contributed by atoms with van der Waals surface area (Å²) in [6.07, 6.45) is 0.831. The zero-order valence-corrected chi connectivity index (χ0v) is 11.9. The van der Waals surface area contributed by atoms with Crippen LogP contribution in [0.1, 0.15) is 27.3 Å². The highest BCUT2D eigenvalue weighted by molar-refractivity contribution is 5.93. The Morgan fingerprint density at radius 2 is 2.05 bits per heavy atom. The van der Waals surface area contributed by atoms with Crippen LogP contribution in [0.15, 0.2) is 30.3 Å². The second-order valence-electron chi connectivity index (χ2n) is 5.38. The number of nitrogens with zero attached hydrogens (tertiary/aromatic N) is 2. The predicted octanol–water partition coefficient (Wildman–Crippen LogP) is 2.11. The predicted molar refractivity (Wildman–Crippen MR) is 79.4 cm³/mol. The van der Waals surface area contributed by atoms with Crippen molar-refractivity contribution in [2.75, 3.05) is 12.3 Å². The van der Waals surface area contributed by atoms with Gasteiger partial charge in [0.1, 0.15) is 5.69 Å². The van der Waals surface area contributed by atoms with E-state index in [4.69, 9.17) is 5.73 Å². The molecular formula is C16H19N3O. The van der Waals surface area contributed by atoms with Crippen molar-refractivity contribution in [2.45, 2.75) is 19.9 Å². The van der Waals surface area contributed by atoms with Crippen LogP contribution in [-0.2, 0) is 20.0 Å². The van der Waals surface area contributed by atoms with Gasteiger partial charge in [-0.2, -0.15) is 0 Å². The second-order valence-corrected chi connectivity index (χ2v) is 5.38. The molecule has 0 atom stereocenters. The van der Waals surface area contributed by atoms with Crippen molar-refractivity contribution in [2.24, 2.45) is 7.05 Å². The SMILES string of the molecule is Cc1ccc(C(=O)N2CCc3c(N)cccc3C2)n1C. The van der Waals surface area contributed by atoms with Gasteiger partial charge in [0, 0.05) is 31.5 Å². The number of carbonyl (C=O) groups is 1. The van der Waals surface area contributed by atoms with Crippen molar-refractivity contribution in [3.8, 4) is 0 Å². The molecule has 0 aliphatic carbocycles. The van der Waals surface area contributed by atoms with E-state index < -0.39 is 0 Å². The van der Waals surface area contributed by atoms with Crippen LogP contribution in [0.3, 0.4) is 0 Å². The van der Waals surface area contributed by atoms with Crippen LogP contribution in [0.25, 0.3) is 0 Å². The van der Waals surface area contributed by atoms with E-state index in [1.165, 1.54) is 5.56 Å². The Bertz CT molecular complexity index is 672. The zero-order valence-electron chi connectivity index (χ0n) is 11.9. The first kappa shape index (κ1) is 12.8. The largest absolute Gasteiger partial charge is 0.398 e. The fourth-order valence-electron chi connectivity index (χ4n) is 2.80. The molecular weight excluding hydrogens is 250 g/mol. The molecule has 1 aromatic carbocycles. The molecule has 0 spiro atoms. The molecule has 20 heavy (non-hydrogen) atoms. The molecule has 2 N–H and O–H groups in total. The van der Waals surface area contributed by atoms with Gasteiger partial charge in [0.05, 0.1) is 0 Å². The summed E-state index contributed by atoms with van der Waals surface area (Å²) in [4.78, 5) is 14.5. The summed E-state index contributed by atoms with van der Waals surface area (Å²) in [6, 6.07) is 9.81. The molecule has 0 unspecified atom stereocenters. The van der Waals surface area contributed by atoms with E-state index in [9.17, 15) is 4.79 Å². The van der Waals surface area contributed by atoms with Crippen LogP contribution in [0.4, 0.5) is 5.69 Å². The molecule has 4 heteroatoms. The molecule has 3 rings (SSSR count). The Balaban J connectivity index is 1.87. The monoisotopic (exact) mass is 269 g/mol. The van der Waals surface area contributed by atoms with Gasteiger partial charge in [-0.15, -0.1) is 0 Å². The maximum absolute atomic E-state index is 12.6. The third kappa shape index (κ3) is 1.97.